The van der Waals surface area contributed by atoms with Crippen molar-refractivity contribution in [3.63, 3.8) is 0 Å². The lowest BCUT2D eigenvalue weighted by molar-refractivity contribution is -0.136. The van der Waals surface area contributed by atoms with Gasteiger partial charge in [-0.2, -0.15) is 0 Å². The van der Waals surface area contributed by atoms with E-state index in [-0.39, 0.29) is 24.3 Å². The molecule has 1 N–H and O–H groups in total. The van der Waals surface area contributed by atoms with Crippen molar-refractivity contribution in [2.75, 3.05) is 18.7 Å². The monoisotopic (exact) mass is 364 g/mol. The van der Waals surface area contributed by atoms with Gasteiger partial charge in [0.05, 0.1) is 5.57 Å². The van der Waals surface area contributed by atoms with E-state index in [1.165, 1.54) is 4.90 Å². The summed E-state index contributed by atoms with van der Waals surface area (Å²) in [4.78, 5) is 27.0. The summed E-state index contributed by atoms with van der Waals surface area (Å²) in [7, 11) is 0. The Kier molecular flexibility index (Phi) is 4.11. The zero-order valence-corrected chi connectivity index (χ0v) is 15.5. The van der Waals surface area contributed by atoms with Gasteiger partial charge in [0.2, 0.25) is 6.79 Å². The number of carbonyl (C=O) groups excluding carboxylic acids is 2. The molecular weight excluding hydrogens is 344 g/mol. The Bertz CT molecular complexity index is 994. The number of aryl methyl sites for hydroxylation is 2. The first-order valence-corrected chi connectivity index (χ1v) is 8.84. The van der Waals surface area contributed by atoms with Crippen LogP contribution in [0.3, 0.4) is 0 Å². The van der Waals surface area contributed by atoms with Gasteiger partial charge in [0.15, 0.2) is 11.5 Å². The highest BCUT2D eigenvalue weighted by Gasteiger charge is 2.38. The van der Waals surface area contributed by atoms with E-state index in [2.05, 4.69) is 5.32 Å². The summed E-state index contributed by atoms with van der Waals surface area (Å²) in [6.45, 7) is 6.29. The second-order valence-electron chi connectivity index (χ2n) is 6.60. The number of rotatable bonds is 4. The predicted molar refractivity (Wildman–Crippen MR) is 101 cm³/mol. The summed E-state index contributed by atoms with van der Waals surface area (Å²) < 4.78 is 10.7. The quantitative estimate of drug-likeness (QED) is 0.844. The topological polar surface area (TPSA) is 67.9 Å². The molecule has 0 bridgehead atoms. The van der Waals surface area contributed by atoms with Gasteiger partial charge in [-0.05, 0) is 49.6 Å². The molecule has 2 aromatic rings. The average molecular weight is 364 g/mol. The van der Waals surface area contributed by atoms with E-state index in [1.54, 1.807) is 25.1 Å². The Morgan fingerprint density at radius 3 is 2.48 bits per heavy atom. The maximum absolute atomic E-state index is 12.9. The number of fused-ring (bicyclic) bond motifs is 1. The number of carbonyl (C=O) groups is 2. The lowest BCUT2D eigenvalue weighted by Crippen LogP contribution is -2.32. The van der Waals surface area contributed by atoms with Crippen LogP contribution in [0.2, 0.25) is 0 Å². The van der Waals surface area contributed by atoms with Crippen LogP contribution in [0.4, 0.5) is 5.69 Å². The number of imide groups is 1. The Morgan fingerprint density at radius 1 is 0.963 bits per heavy atom. The fourth-order valence-electron chi connectivity index (χ4n) is 3.26. The summed E-state index contributed by atoms with van der Waals surface area (Å²) in [5, 5.41) is 3.13. The Hall–Kier alpha value is -3.28. The normalized spacial score (nSPS) is 15.7. The number of benzene rings is 2. The maximum atomic E-state index is 12.9. The highest BCUT2D eigenvalue weighted by molar-refractivity contribution is 6.36. The minimum atomic E-state index is -0.326. The number of nitrogens with one attached hydrogen (secondary N) is 1. The van der Waals surface area contributed by atoms with Gasteiger partial charge >= 0.3 is 0 Å². The van der Waals surface area contributed by atoms with Crippen molar-refractivity contribution in [2.45, 2.75) is 20.8 Å². The van der Waals surface area contributed by atoms with Crippen LogP contribution in [0.1, 0.15) is 23.6 Å². The molecule has 2 aromatic carbocycles. The average Bonchev–Trinajstić information content (AvgIpc) is 3.20. The molecule has 0 aromatic heterocycles. The highest BCUT2D eigenvalue weighted by atomic mass is 16.7. The summed E-state index contributed by atoms with van der Waals surface area (Å²) in [6.07, 6.45) is 0. The Morgan fingerprint density at radius 2 is 1.74 bits per heavy atom. The van der Waals surface area contributed by atoms with Crippen molar-refractivity contribution in [3.8, 4) is 11.5 Å². The molecule has 0 saturated heterocycles. The molecule has 138 valence electrons. The molecule has 6 heteroatoms. The van der Waals surface area contributed by atoms with Crippen molar-refractivity contribution in [1.82, 2.24) is 4.90 Å². The number of hydrogen-bond donors (Lipinski definition) is 1. The molecule has 6 nitrogen and oxygen atoms in total. The van der Waals surface area contributed by atoms with E-state index in [0.29, 0.717) is 29.3 Å². The van der Waals surface area contributed by atoms with Gasteiger partial charge in [-0.3, -0.25) is 14.5 Å². The van der Waals surface area contributed by atoms with E-state index in [4.69, 9.17) is 9.47 Å². The van der Waals surface area contributed by atoms with Crippen molar-refractivity contribution < 1.29 is 19.1 Å². The van der Waals surface area contributed by atoms with Gasteiger partial charge in [-0.15, -0.1) is 0 Å². The van der Waals surface area contributed by atoms with E-state index < -0.39 is 0 Å². The van der Waals surface area contributed by atoms with Gasteiger partial charge in [0.1, 0.15) is 5.70 Å². The lowest BCUT2D eigenvalue weighted by Gasteiger charge is -2.12. The number of ether oxygens (including phenoxy) is 2. The van der Waals surface area contributed by atoms with Gasteiger partial charge in [-0.25, -0.2) is 0 Å². The number of likely N-dealkylation sites (N-methyl/N-ethyl adjacent to an activating group) is 1. The highest BCUT2D eigenvalue weighted by Crippen LogP contribution is 2.36. The van der Waals surface area contributed by atoms with Crippen molar-refractivity contribution >= 4 is 23.1 Å². The Balaban J connectivity index is 1.79. The molecule has 0 radical (unpaired) electrons. The summed E-state index contributed by atoms with van der Waals surface area (Å²) in [6, 6.07) is 11.1. The minimum Gasteiger partial charge on any atom is -0.454 e. The first kappa shape index (κ1) is 17.1. The van der Waals surface area contributed by atoms with Crippen LogP contribution in [0, 0.1) is 13.8 Å². The van der Waals surface area contributed by atoms with Gasteiger partial charge in [-0.1, -0.05) is 18.2 Å². The third kappa shape index (κ3) is 2.83. The zero-order chi connectivity index (χ0) is 19.1. The van der Waals surface area contributed by atoms with E-state index in [0.717, 1.165) is 16.7 Å². The smallest absolute Gasteiger partial charge is 0.278 e. The van der Waals surface area contributed by atoms with Crippen LogP contribution in [0.25, 0.3) is 5.57 Å². The summed E-state index contributed by atoms with van der Waals surface area (Å²) in [5.74, 6) is 0.660. The van der Waals surface area contributed by atoms with Crippen molar-refractivity contribution in [2.24, 2.45) is 0 Å². The van der Waals surface area contributed by atoms with Gasteiger partial charge in [0, 0.05) is 18.3 Å². The molecule has 27 heavy (non-hydrogen) atoms. The van der Waals surface area contributed by atoms with Crippen LogP contribution in [-0.2, 0) is 9.59 Å². The third-order valence-electron chi connectivity index (χ3n) is 4.92. The van der Waals surface area contributed by atoms with Crippen molar-refractivity contribution in [3.05, 3.63) is 58.8 Å². The maximum Gasteiger partial charge on any atom is 0.278 e. The number of hydrogen-bond acceptors (Lipinski definition) is 5. The molecule has 2 aliphatic rings. The second kappa shape index (κ2) is 6.46. The number of amides is 2. The first-order chi connectivity index (χ1) is 13.0. The fourth-order valence-corrected chi connectivity index (χ4v) is 3.26. The molecule has 2 aliphatic heterocycles. The van der Waals surface area contributed by atoms with Crippen LogP contribution in [0.15, 0.2) is 42.1 Å². The molecule has 0 saturated carbocycles. The van der Waals surface area contributed by atoms with Gasteiger partial charge < -0.3 is 14.8 Å². The standard InChI is InChI=1S/C21H20N2O4/c1-4-23-20(24)18(14-6-5-12(2)13(3)9-14)19(21(23)25)22-15-7-8-16-17(10-15)27-11-26-16/h5-10,22H,4,11H2,1-3H3. The Labute approximate surface area is 157 Å². The summed E-state index contributed by atoms with van der Waals surface area (Å²) >= 11 is 0. The minimum absolute atomic E-state index is 0.177. The van der Waals surface area contributed by atoms with Crippen LogP contribution < -0.4 is 14.8 Å². The van der Waals surface area contributed by atoms with Crippen molar-refractivity contribution in [1.29, 1.82) is 0 Å². The van der Waals surface area contributed by atoms with E-state index in [1.807, 2.05) is 32.0 Å². The summed E-state index contributed by atoms with van der Waals surface area (Å²) in [5.41, 5.74) is 4.27. The lowest BCUT2D eigenvalue weighted by atomic mass is 9.99. The largest absolute Gasteiger partial charge is 0.454 e. The molecule has 2 heterocycles. The third-order valence-corrected chi connectivity index (χ3v) is 4.92. The number of nitrogens with zero attached hydrogens (tertiary/aromatic N) is 1. The second-order valence-corrected chi connectivity index (χ2v) is 6.60. The molecule has 0 unspecified atom stereocenters. The SMILES string of the molecule is CCN1C(=O)C(Nc2ccc3c(c2)OCO3)=C(c2ccc(C)c(C)c2)C1=O. The molecular formula is C21H20N2O4. The van der Waals surface area contributed by atoms with Gasteiger partial charge in [0.25, 0.3) is 11.8 Å². The molecule has 4 rings (SSSR count). The molecule has 0 spiro atoms. The van der Waals surface area contributed by atoms with Crippen LogP contribution in [-0.4, -0.2) is 30.1 Å². The van der Waals surface area contributed by atoms with Crippen LogP contribution in [0.5, 0.6) is 11.5 Å². The molecule has 2 amide bonds. The molecule has 0 aliphatic carbocycles. The zero-order valence-electron chi connectivity index (χ0n) is 15.5. The molecule has 0 fully saturated rings. The fraction of sp³-hybridized carbons (Fsp3) is 0.238. The number of anilines is 1. The molecule has 0 atom stereocenters. The van der Waals surface area contributed by atoms with Crippen LogP contribution >= 0.6 is 0 Å². The first-order valence-electron chi connectivity index (χ1n) is 8.84. The van der Waals surface area contributed by atoms with E-state index in [9.17, 15) is 9.59 Å². The predicted octanol–water partition coefficient (Wildman–Crippen LogP) is 3.24. The van der Waals surface area contributed by atoms with E-state index >= 15 is 0 Å².